The summed E-state index contributed by atoms with van der Waals surface area (Å²) in [6.45, 7) is 13.0. The van der Waals surface area contributed by atoms with E-state index in [2.05, 4.69) is 345 Å². The molecule has 0 spiro atoms. The summed E-state index contributed by atoms with van der Waals surface area (Å²) in [5, 5.41) is 22.3. The molecule has 0 aliphatic carbocycles. The Morgan fingerprint density at radius 3 is 0.952 bits per heavy atom. The van der Waals surface area contributed by atoms with Crippen LogP contribution in [-0.4, -0.2) is 23.3 Å². The zero-order chi connectivity index (χ0) is 70.5. The average Bonchev–Trinajstić information content (AvgIpc) is 0.912. The maximum absolute atomic E-state index is 12.7. The molecule has 0 atom stereocenters. The van der Waals surface area contributed by atoms with Gasteiger partial charge in [-0.1, -0.05) is 185 Å². The second kappa shape index (κ2) is 23.8. The summed E-state index contributed by atoms with van der Waals surface area (Å²) in [7, 11) is 0. The number of benzene rings is 15. The number of hydrogen-bond donors (Lipinski definition) is 0. The molecule has 5 heterocycles. The summed E-state index contributed by atoms with van der Waals surface area (Å²) in [4.78, 5) is 5.49. The molecule has 0 saturated heterocycles. The molecule has 105 heavy (non-hydrogen) atoms. The van der Waals surface area contributed by atoms with Crippen molar-refractivity contribution in [1.82, 2.24) is 23.3 Å². The maximum atomic E-state index is 12.7. The Labute approximate surface area is 607 Å². The highest BCUT2D eigenvalue weighted by atomic mass is 16.3. The molecule has 0 fully saturated rings. The zero-order valence-corrected chi connectivity index (χ0v) is 59.0. The molecule has 0 aliphatic rings. The minimum absolute atomic E-state index is 0.406. The van der Waals surface area contributed by atoms with Crippen molar-refractivity contribution >= 4 is 98.3 Å². The fourth-order valence-electron chi connectivity index (χ4n) is 17.0. The van der Waals surface area contributed by atoms with Crippen molar-refractivity contribution in [2.24, 2.45) is 0 Å². The quantitative estimate of drug-likeness (QED) is 0.137. The Balaban J connectivity index is 0.882. The van der Waals surface area contributed by atoms with Crippen LogP contribution in [0.25, 0.3) is 188 Å². The second-order valence-electron chi connectivity index (χ2n) is 28.6. The summed E-state index contributed by atoms with van der Waals surface area (Å²) >= 11 is 0. The Hall–Kier alpha value is -13.5. The van der Waals surface area contributed by atoms with Crippen LogP contribution in [0.2, 0.25) is 0 Å². The van der Waals surface area contributed by atoms with E-state index in [0.717, 1.165) is 106 Å². The first-order valence-electron chi connectivity index (χ1n) is 36.0. The van der Waals surface area contributed by atoms with Crippen LogP contribution in [-0.2, 0) is 0 Å². The van der Waals surface area contributed by atoms with Gasteiger partial charge in [0.25, 0.3) is 0 Å². The summed E-state index contributed by atoms with van der Waals surface area (Å²) in [6, 6.07) is 113. The molecule has 0 radical (unpaired) electrons. The van der Waals surface area contributed by atoms with Gasteiger partial charge in [0.15, 0.2) is 5.58 Å². The van der Waals surface area contributed by atoms with Gasteiger partial charge in [0.2, 0.25) is 5.89 Å². The van der Waals surface area contributed by atoms with E-state index in [1.165, 1.54) is 87.6 Å². The van der Waals surface area contributed by atoms with Crippen LogP contribution in [0.5, 0.6) is 0 Å². The lowest BCUT2D eigenvalue weighted by Crippen LogP contribution is -2.03. The molecular formula is C98H68N6O. The third kappa shape index (κ3) is 9.75. The normalized spacial score (nSPS) is 11.9. The SMILES string of the molecule is Cc1ccc2c(c1)c1cc(C)ccc1n2-c1ccc(-c2c(C#N)c(-c3ccc(-n4c5ccc(C)cc5c5cc(C)ccc54)cc3)c(-c3nc4ccccc4o3)c(-c3ccc(-n4c5ccccc5c5cc(-c6ccccc6)ccc54)cc3)c2-c2ccc(-n3c4ccc(C)cc4c4cc(C)ccc43)cc2)cc1. The minimum atomic E-state index is 0.406. The van der Waals surface area contributed by atoms with Crippen LogP contribution in [0, 0.1) is 52.9 Å². The van der Waals surface area contributed by atoms with Crippen LogP contribution >= 0.6 is 0 Å². The predicted molar refractivity (Wildman–Crippen MR) is 437 cm³/mol. The summed E-state index contributed by atoms with van der Waals surface area (Å²) < 4.78 is 16.7. The highest BCUT2D eigenvalue weighted by Crippen LogP contribution is 2.54. The Morgan fingerprint density at radius 2 is 0.562 bits per heavy atom. The second-order valence-corrected chi connectivity index (χ2v) is 28.6. The van der Waals surface area contributed by atoms with Crippen LogP contribution in [0.1, 0.15) is 38.9 Å². The van der Waals surface area contributed by atoms with Crippen LogP contribution in [0.15, 0.2) is 308 Å². The van der Waals surface area contributed by atoms with E-state index >= 15 is 0 Å². The number of nitriles is 1. The topological polar surface area (TPSA) is 69.5 Å². The lowest BCUT2D eigenvalue weighted by molar-refractivity contribution is 0.620. The number of fused-ring (bicyclic) bond motifs is 13. The highest BCUT2D eigenvalue weighted by Gasteiger charge is 2.32. The summed E-state index contributed by atoms with van der Waals surface area (Å²) in [5.41, 5.74) is 32.0. The van der Waals surface area contributed by atoms with Gasteiger partial charge < -0.3 is 22.7 Å². The van der Waals surface area contributed by atoms with Crippen LogP contribution < -0.4 is 0 Å². The first-order valence-corrected chi connectivity index (χ1v) is 36.0. The van der Waals surface area contributed by atoms with Crippen molar-refractivity contribution in [2.45, 2.75) is 41.5 Å². The Morgan fingerprint density at radius 1 is 0.257 bits per heavy atom. The zero-order valence-electron chi connectivity index (χ0n) is 59.0. The first-order chi connectivity index (χ1) is 51.5. The van der Waals surface area contributed by atoms with Gasteiger partial charge in [0.05, 0.1) is 55.3 Å². The molecular weight excluding hydrogens is 1280 g/mol. The molecule has 0 aliphatic heterocycles. The van der Waals surface area contributed by atoms with E-state index in [4.69, 9.17) is 9.40 Å². The molecule has 5 aromatic heterocycles. The molecule has 0 unspecified atom stereocenters. The highest BCUT2D eigenvalue weighted by molar-refractivity contribution is 6.15. The monoisotopic (exact) mass is 1340 g/mol. The largest absolute Gasteiger partial charge is 0.436 e. The Kier molecular flexibility index (Phi) is 13.9. The molecule has 7 heteroatoms. The van der Waals surface area contributed by atoms with Gasteiger partial charge in [-0.2, -0.15) is 5.26 Å². The van der Waals surface area contributed by atoms with E-state index in [1.54, 1.807) is 0 Å². The fourth-order valence-corrected chi connectivity index (χ4v) is 17.0. The Bertz CT molecular complexity index is 6840. The number of hydrogen-bond acceptors (Lipinski definition) is 3. The number of para-hydroxylation sites is 3. The molecule has 0 N–H and O–H groups in total. The maximum Gasteiger partial charge on any atom is 0.228 e. The number of aromatic nitrogens is 5. The van der Waals surface area contributed by atoms with Crippen LogP contribution in [0.3, 0.4) is 0 Å². The number of rotatable bonds is 10. The minimum Gasteiger partial charge on any atom is -0.436 e. The molecule has 0 saturated carbocycles. The van der Waals surface area contributed by atoms with Gasteiger partial charge in [-0.3, -0.25) is 0 Å². The lowest BCUT2D eigenvalue weighted by Gasteiger charge is -2.25. The third-order valence-electron chi connectivity index (χ3n) is 21.8. The molecule has 0 amide bonds. The average molecular weight is 1350 g/mol. The van der Waals surface area contributed by atoms with Gasteiger partial charge in [0.1, 0.15) is 11.6 Å². The molecule has 15 aromatic carbocycles. The number of aryl methyl sites for hydroxylation is 6. The van der Waals surface area contributed by atoms with E-state index in [0.29, 0.717) is 33.7 Å². The van der Waals surface area contributed by atoms with E-state index < -0.39 is 0 Å². The molecule has 20 aromatic rings. The van der Waals surface area contributed by atoms with Gasteiger partial charge >= 0.3 is 0 Å². The lowest BCUT2D eigenvalue weighted by atomic mass is 9.77. The first kappa shape index (κ1) is 61.3. The number of oxazole rings is 1. The van der Waals surface area contributed by atoms with Crippen molar-refractivity contribution in [3.63, 3.8) is 0 Å². The fraction of sp³-hybridized carbons (Fsp3) is 0.0612. The van der Waals surface area contributed by atoms with E-state index in [1.807, 2.05) is 24.3 Å². The summed E-state index contributed by atoms with van der Waals surface area (Å²) in [6.07, 6.45) is 0. The van der Waals surface area contributed by atoms with Crippen molar-refractivity contribution in [3.05, 3.63) is 342 Å². The molecule has 20 rings (SSSR count). The van der Waals surface area contributed by atoms with Gasteiger partial charge in [-0.15, -0.1) is 0 Å². The van der Waals surface area contributed by atoms with Crippen molar-refractivity contribution in [3.8, 4) is 95.9 Å². The van der Waals surface area contributed by atoms with Crippen molar-refractivity contribution < 1.29 is 4.42 Å². The smallest absolute Gasteiger partial charge is 0.228 e. The molecule has 0 bridgehead atoms. The van der Waals surface area contributed by atoms with Crippen molar-refractivity contribution in [2.75, 3.05) is 0 Å². The molecule has 496 valence electrons. The van der Waals surface area contributed by atoms with Crippen molar-refractivity contribution in [1.29, 1.82) is 5.26 Å². The van der Waals surface area contributed by atoms with E-state index in [9.17, 15) is 5.26 Å². The predicted octanol–water partition coefficient (Wildman–Crippen LogP) is 25.9. The number of nitrogens with zero attached hydrogens (tertiary/aromatic N) is 6. The standard InChI is InChI=1S/C98H68N6O/c1-58-20-43-85-75(50-58)76-51-59(2)21-44-86(76)102(85)71-35-26-65(27-36-71)93-82(57-99)94(66-28-37-72(38-29-66)103-87-45-22-60(3)52-77(87)78-53-61(4)23-46-88(78)103)97(98-100-83-17-11-13-19-92(83)105-98)96(95(93)67-30-39-73(40-31-67)104-89-47-24-62(5)54-79(89)80-55-63(6)25-48-90(80)104)68-32-41-70(42-33-68)101-84-18-12-10-16-74(84)81-56-69(34-49-91(81)101)64-14-8-7-9-15-64/h7-56H,1-6H3. The van der Waals surface area contributed by atoms with Gasteiger partial charge in [-0.25, -0.2) is 4.98 Å². The van der Waals surface area contributed by atoms with Gasteiger partial charge in [-0.05, 0) is 232 Å². The third-order valence-corrected chi connectivity index (χ3v) is 21.8. The molecule has 7 nitrogen and oxygen atoms in total. The summed E-state index contributed by atoms with van der Waals surface area (Å²) in [5.74, 6) is 0.406. The van der Waals surface area contributed by atoms with Crippen LogP contribution in [0.4, 0.5) is 0 Å². The van der Waals surface area contributed by atoms with Gasteiger partial charge in [0, 0.05) is 82.5 Å². The van der Waals surface area contributed by atoms with E-state index in [-0.39, 0.29) is 0 Å².